The van der Waals surface area contributed by atoms with Crippen molar-refractivity contribution in [1.29, 1.82) is 0 Å². The van der Waals surface area contributed by atoms with Crippen LogP contribution in [0, 0.1) is 5.82 Å². The Labute approximate surface area is 144 Å². The molecule has 7 nitrogen and oxygen atoms in total. The number of halogens is 1. The van der Waals surface area contributed by atoms with Gasteiger partial charge in [-0.15, -0.1) is 0 Å². The second-order valence-corrected chi connectivity index (χ2v) is 6.02. The zero-order chi connectivity index (χ0) is 17.1. The zero-order valence-corrected chi connectivity index (χ0v) is 13.7. The van der Waals surface area contributed by atoms with Crippen LogP contribution in [0.15, 0.2) is 40.2 Å². The van der Waals surface area contributed by atoms with E-state index in [1.54, 1.807) is 6.07 Å². The number of hydrogen-bond donors (Lipinski definition) is 1. The second kappa shape index (κ2) is 7.10. The summed E-state index contributed by atoms with van der Waals surface area (Å²) in [5, 5.41) is 11.0. The number of ether oxygens (including phenoxy) is 1. The molecule has 0 amide bonds. The molecule has 1 fully saturated rings. The van der Waals surface area contributed by atoms with Crippen LogP contribution >= 0.6 is 0 Å². The number of nitrogens with zero attached hydrogens (tertiary/aromatic N) is 3. The van der Waals surface area contributed by atoms with E-state index in [-0.39, 0.29) is 11.9 Å². The first kappa shape index (κ1) is 15.9. The van der Waals surface area contributed by atoms with Gasteiger partial charge >= 0.3 is 0 Å². The highest BCUT2D eigenvalue weighted by atomic mass is 19.1. The number of aromatic nitrogens is 1. The van der Waals surface area contributed by atoms with Crippen LogP contribution < -0.4 is 15.0 Å². The summed E-state index contributed by atoms with van der Waals surface area (Å²) in [4.78, 5) is 7.42. The third kappa shape index (κ3) is 3.58. The van der Waals surface area contributed by atoms with E-state index in [1.807, 2.05) is 12.1 Å². The molecule has 25 heavy (non-hydrogen) atoms. The topological polar surface area (TPSA) is 72.1 Å². The Hall–Kier alpha value is -2.61. The van der Waals surface area contributed by atoms with Crippen molar-refractivity contribution in [3.05, 3.63) is 41.9 Å². The summed E-state index contributed by atoms with van der Waals surface area (Å²) in [6, 6.07) is 6.86. The molecular weight excluding hydrogens is 327 g/mol. The highest BCUT2D eigenvalue weighted by Gasteiger charge is 2.24. The van der Waals surface area contributed by atoms with Crippen LogP contribution in [0.4, 0.5) is 10.1 Å². The lowest BCUT2D eigenvalue weighted by atomic mass is 10.0. The van der Waals surface area contributed by atoms with E-state index in [9.17, 15) is 4.39 Å². The van der Waals surface area contributed by atoms with E-state index in [2.05, 4.69) is 20.5 Å². The first-order valence-electron chi connectivity index (χ1n) is 8.31. The molecule has 8 heteroatoms. The first-order chi connectivity index (χ1) is 12.3. The average Bonchev–Trinajstić information content (AvgIpc) is 3.32. The van der Waals surface area contributed by atoms with Crippen LogP contribution in [0.3, 0.4) is 0 Å². The molecule has 2 aromatic rings. The SMILES string of the molecule is Fc1cc(C2=NOC(COc3ccon3)C2)ccc1N1CCNCC1. The predicted molar refractivity (Wildman–Crippen MR) is 89.5 cm³/mol. The number of anilines is 1. The highest BCUT2D eigenvalue weighted by Crippen LogP contribution is 2.24. The zero-order valence-electron chi connectivity index (χ0n) is 13.7. The van der Waals surface area contributed by atoms with Gasteiger partial charge in [0.2, 0.25) is 0 Å². The maximum absolute atomic E-state index is 14.5. The van der Waals surface area contributed by atoms with Gasteiger partial charge in [0.25, 0.3) is 5.88 Å². The molecule has 3 heterocycles. The molecule has 0 spiro atoms. The number of oxime groups is 1. The summed E-state index contributed by atoms with van der Waals surface area (Å²) in [5.41, 5.74) is 2.09. The highest BCUT2D eigenvalue weighted by molar-refractivity contribution is 6.01. The minimum Gasteiger partial charge on any atom is -0.471 e. The number of benzene rings is 1. The van der Waals surface area contributed by atoms with E-state index in [1.165, 1.54) is 12.3 Å². The van der Waals surface area contributed by atoms with Crippen LogP contribution in [0.2, 0.25) is 0 Å². The maximum Gasteiger partial charge on any atom is 0.254 e. The van der Waals surface area contributed by atoms with Gasteiger partial charge in [-0.2, -0.15) is 0 Å². The van der Waals surface area contributed by atoms with Gasteiger partial charge < -0.3 is 24.3 Å². The molecule has 132 valence electrons. The number of piperazine rings is 1. The lowest BCUT2D eigenvalue weighted by Gasteiger charge is -2.29. The Morgan fingerprint density at radius 2 is 2.16 bits per heavy atom. The minimum absolute atomic E-state index is 0.220. The predicted octanol–water partition coefficient (Wildman–Crippen LogP) is 1.80. The summed E-state index contributed by atoms with van der Waals surface area (Å²) < 4.78 is 24.7. The molecule has 4 rings (SSSR count). The number of hydrogen-bond acceptors (Lipinski definition) is 7. The van der Waals surface area contributed by atoms with Crippen LogP contribution in [0.25, 0.3) is 0 Å². The molecule has 0 bridgehead atoms. The molecule has 2 aliphatic rings. The van der Waals surface area contributed by atoms with Crippen molar-refractivity contribution in [3.8, 4) is 5.88 Å². The van der Waals surface area contributed by atoms with Crippen molar-refractivity contribution in [2.24, 2.45) is 5.16 Å². The fourth-order valence-electron chi connectivity index (χ4n) is 2.99. The molecular formula is C17H19FN4O3. The van der Waals surface area contributed by atoms with E-state index < -0.39 is 0 Å². The van der Waals surface area contributed by atoms with Gasteiger partial charge in [0, 0.05) is 44.2 Å². The molecule has 2 aliphatic heterocycles. The normalized spacial score (nSPS) is 20.3. The van der Waals surface area contributed by atoms with Crippen molar-refractivity contribution in [2.75, 3.05) is 37.7 Å². The van der Waals surface area contributed by atoms with Gasteiger partial charge in [0.1, 0.15) is 18.7 Å². The Morgan fingerprint density at radius 1 is 1.28 bits per heavy atom. The van der Waals surface area contributed by atoms with Crippen LogP contribution in [0.1, 0.15) is 12.0 Å². The van der Waals surface area contributed by atoms with Gasteiger partial charge in [-0.1, -0.05) is 11.2 Å². The lowest BCUT2D eigenvalue weighted by Crippen LogP contribution is -2.43. The fourth-order valence-corrected chi connectivity index (χ4v) is 2.99. The summed E-state index contributed by atoms with van der Waals surface area (Å²) in [7, 11) is 0. The summed E-state index contributed by atoms with van der Waals surface area (Å²) in [5.74, 6) is 0.174. The summed E-state index contributed by atoms with van der Waals surface area (Å²) >= 11 is 0. The Bertz CT molecular complexity index is 744. The third-order valence-corrected chi connectivity index (χ3v) is 4.30. The third-order valence-electron chi connectivity index (χ3n) is 4.30. The van der Waals surface area contributed by atoms with Gasteiger partial charge in [0.15, 0.2) is 6.10 Å². The Morgan fingerprint density at radius 3 is 2.92 bits per heavy atom. The molecule has 1 aromatic carbocycles. The molecule has 1 saturated heterocycles. The van der Waals surface area contributed by atoms with Crippen molar-refractivity contribution in [3.63, 3.8) is 0 Å². The van der Waals surface area contributed by atoms with Crippen LogP contribution in [-0.4, -0.2) is 49.8 Å². The van der Waals surface area contributed by atoms with Gasteiger partial charge in [0.05, 0.1) is 11.4 Å². The Kier molecular flexibility index (Phi) is 4.51. The fraction of sp³-hybridized carbons (Fsp3) is 0.412. The van der Waals surface area contributed by atoms with Gasteiger partial charge in [-0.05, 0) is 17.3 Å². The van der Waals surface area contributed by atoms with E-state index in [0.717, 1.165) is 37.5 Å². The average molecular weight is 346 g/mol. The standard InChI is InChI=1S/C17H19FN4O3/c18-14-9-12(1-2-16(14)22-6-4-19-5-7-22)15-10-13(25-20-15)11-23-17-3-8-24-21-17/h1-3,8-9,13,19H,4-7,10-11H2. The van der Waals surface area contributed by atoms with Gasteiger partial charge in [-0.25, -0.2) is 4.39 Å². The maximum atomic E-state index is 14.5. The van der Waals surface area contributed by atoms with E-state index in [4.69, 9.17) is 14.1 Å². The molecule has 0 radical (unpaired) electrons. The molecule has 0 aliphatic carbocycles. The molecule has 1 N–H and O–H groups in total. The first-order valence-corrected chi connectivity index (χ1v) is 8.31. The monoisotopic (exact) mass is 346 g/mol. The van der Waals surface area contributed by atoms with Crippen molar-refractivity contribution in [2.45, 2.75) is 12.5 Å². The lowest BCUT2D eigenvalue weighted by molar-refractivity contribution is 0.0446. The van der Waals surface area contributed by atoms with Gasteiger partial charge in [-0.3, -0.25) is 0 Å². The van der Waals surface area contributed by atoms with Crippen LogP contribution in [0.5, 0.6) is 5.88 Å². The summed E-state index contributed by atoms with van der Waals surface area (Å²) in [6.07, 6.45) is 1.78. The van der Waals surface area contributed by atoms with Crippen molar-refractivity contribution in [1.82, 2.24) is 10.5 Å². The molecule has 0 saturated carbocycles. The quantitative estimate of drug-likeness (QED) is 0.890. The van der Waals surface area contributed by atoms with Crippen molar-refractivity contribution < 1.29 is 18.5 Å². The molecule has 1 unspecified atom stereocenters. The smallest absolute Gasteiger partial charge is 0.254 e. The summed E-state index contributed by atoms with van der Waals surface area (Å²) in [6.45, 7) is 3.66. The second-order valence-electron chi connectivity index (χ2n) is 6.02. The minimum atomic E-state index is -0.232. The largest absolute Gasteiger partial charge is 0.471 e. The molecule has 1 atom stereocenters. The number of nitrogens with one attached hydrogen (secondary N) is 1. The number of rotatable bonds is 5. The van der Waals surface area contributed by atoms with E-state index in [0.29, 0.717) is 24.6 Å². The molecule has 1 aromatic heterocycles. The van der Waals surface area contributed by atoms with Crippen molar-refractivity contribution >= 4 is 11.4 Å². The Balaban J connectivity index is 1.38. The van der Waals surface area contributed by atoms with Crippen LogP contribution in [-0.2, 0) is 4.84 Å². The van der Waals surface area contributed by atoms with E-state index >= 15 is 0 Å².